The SMILES string of the molecule is COCCCSC1CCC(NC2CC2)(C(=O)O)C1. The van der Waals surface area contributed by atoms with E-state index in [-0.39, 0.29) is 0 Å². The van der Waals surface area contributed by atoms with Crippen molar-refractivity contribution in [3.05, 3.63) is 0 Å². The van der Waals surface area contributed by atoms with Gasteiger partial charge >= 0.3 is 5.97 Å². The van der Waals surface area contributed by atoms with Gasteiger partial charge in [0.05, 0.1) is 0 Å². The third-order valence-corrected chi connectivity index (χ3v) is 5.18. The Hall–Kier alpha value is -0.260. The zero-order chi connectivity index (χ0) is 13.0. The number of rotatable bonds is 8. The fourth-order valence-corrected chi connectivity index (χ4v) is 3.91. The molecule has 0 amide bonds. The highest BCUT2D eigenvalue weighted by Crippen LogP contribution is 2.39. The number of ether oxygens (including phenoxy) is 1. The summed E-state index contributed by atoms with van der Waals surface area (Å²) in [5.74, 6) is 0.409. The van der Waals surface area contributed by atoms with E-state index in [1.54, 1.807) is 7.11 Å². The molecule has 0 aromatic carbocycles. The van der Waals surface area contributed by atoms with E-state index in [2.05, 4.69) is 5.32 Å². The van der Waals surface area contributed by atoms with E-state index in [1.165, 1.54) is 0 Å². The van der Waals surface area contributed by atoms with Crippen molar-refractivity contribution in [2.24, 2.45) is 0 Å². The van der Waals surface area contributed by atoms with Crippen LogP contribution < -0.4 is 5.32 Å². The number of carboxylic acids is 1. The van der Waals surface area contributed by atoms with E-state index in [1.807, 2.05) is 11.8 Å². The fourth-order valence-electron chi connectivity index (χ4n) is 2.60. The summed E-state index contributed by atoms with van der Waals surface area (Å²) in [6.07, 6.45) is 5.90. The second-order valence-corrected chi connectivity index (χ2v) is 6.80. The van der Waals surface area contributed by atoms with Gasteiger partial charge in [-0.3, -0.25) is 10.1 Å². The Balaban J connectivity index is 1.78. The minimum absolute atomic E-state index is 0.457. The molecule has 2 fully saturated rings. The van der Waals surface area contributed by atoms with Crippen molar-refractivity contribution in [1.29, 1.82) is 0 Å². The van der Waals surface area contributed by atoms with Crippen LogP contribution in [0.15, 0.2) is 0 Å². The van der Waals surface area contributed by atoms with Crippen LogP contribution in [0.25, 0.3) is 0 Å². The molecule has 2 saturated carbocycles. The lowest BCUT2D eigenvalue weighted by Gasteiger charge is -2.26. The predicted octanol–water partition coefficient (Wildman–Crippen LogP) is 1.88. The van der Waals surface area contributed by atoms with Gasteiger partial charge in [0.15, 0.2) is 0 Å². The van der Waals surface area contributed by atoms with Crippen LogP contribution in [-0.2, 0) is 9.53 Å². The third kappa shape index (κ3) is 3.62. The molecular weight excluding hydrogens is 250 g/mol. The maximum Gasteiger partial charge on any atom is 0.323 e. The fraction of sp³-hybridized carbons (Fsp3) is 0.923. The Labute approximate surface area is 113 Å². The van der Waals surface area contributed by atoms with E-state index < -0.39 is 11.5 Å². The first kappa shape index (κ1) is 14.2. The molecule has 0 aromatic rings. The Morgan fingerprint density at radius 2 is 2.28 bits per heavy atom. The largest absolute Gasteiger partial charge is 0.480 e. The highest BCUT2D eigenvalue weighted by molar-refractivity contribution is 7.99. The van der Waals surface area contributed by atoms with Gasteiger partial charge in [-0.15, -0.1) is 0 Å². The average molecular weight is 273 g/mol. The molecule has 0 heterocycles. The summed E-state index contributed by atoms with van der Waals surface area (Å²) in [6, 6.07) is 0.457. The van der Waals surface area contributed by atoms with Crippen molar-refractivity contribution in [2.75, 3.05) is 19.5 Å². The summed E-state index contributed by atoms with van der Waals surface area (Å²) in [6.45, 7) is 0.796. The highest BCUT2D eigenvalue weighted by Gasteiger charge is 2.48. The average Bonchev–Trinajstić information content (AvgIpc) is 3.04. The summed E-state index contributed by atoms with van der Waals surface area (Å²) in [4.78, 5) is 11.5. The first-order chi connectivity index (χ1) is 8.66. The smallest absolute Gasteiger partial charge is 0.323 e. The number of thioether (sulfide) groups is 1. The molecule has 2 aliphatic rings. The summed E-state index contributed by atoms with van der Waals surface area (Å²) < 4.78 is 5.03. The second kappa shape index (κ2) is 6.26. The normalized spacial score (nSPS) is 31.7. The van der Waals surface area contributed by atoms with Crippen LogP contribution in [0.2, 0.25) is 0 Å². The molecule has 18 heavy (non-hydrogen) atoms. The van der Waals surface area contributed by atoms with E-state index >= 15 is 0 Å². The molecule has 2 N–H and O–H groups in total. The van der Waals surface area contributed by atoms with Crippen LogP contribution >= 0.6 is 11.8 Å². The lowest BCUT2D eigenvalue weighted by Crippen LogP contribution is -2.51. The predicted molar refractivity (Wildman–Crippen MR) is 73.1 cm³/mol. The Morgan fingerprint density at radius 3 is 2.89 bits per heavy atom. The maximum atomic E-state index is 11.5. The highest BCUT2D eigenvalue weighted by atomic mass is 32.2. The number of carbonyl (C=O) groups is 1. The summed E-state index contributed by atoms with van der Waals surface area (Å²) in [7, 11) is 1.72. The van der Waals surface area contributed by atoms with Crippen molar-refractivity contribution >= 4 is 17.7 Å². The molecule has 2 atom stereocenters. The second-order valence-electron chi connectivity index (χ2n) is 5.39. The number of hydrogen-bond donors (Lipinski definition) is 2. The molecule has 4 nitrogen and oxygen atoms in total. The van der Waals surface area contributed by atoms with Gasteiger partial charge in [-0.25, -0.2) is 0 Å². The zero-order valence-electron chi connectivity index (χ0n) is 11.0. The van der Waals surface area contributed by atoms with Crippen molar-refractivity contribution in [2.45, 2.75) is 55.4 Å². The number of methoxy groups -OCH3 is 1. The third-order valence-electron chi connectivity index (χ3n) is 3.78. The van der Waals surface area contributed by atoms with Crippen LogP contribution in [0.3, 0.4) is 0 Å². The number of hydrogen-bond acceptors (Lipinski definition) is 4. The van der Waals surface area contributed by atoms with Gasteiger partial charge in [0, 0.05) is 25.0 Å². The monoisotopic (exact) mass is 273 g/mol. The Morgan fingerprint density at radius 1 is 1.50 bits per heavy atom. The van der Waals surface area contributed by atoms with Crippen LogP contribution in [0.4, 0.5) is 0 Å². The molecule has 104 valence electrons. The summed E-state index contributed by atoms with van der Waals surface area (Å²) in [5.41, 5.74) is -0.639. The van der Waals surface area contributed by atoms with Gasteiger partial charge in [-0.2, -0.15) is 11.8 Å². The molecule has 0 radical (unpaired) electrons. The lowest BCUT2D eigenvalue weighted by molar-refractivity contribution is -0.144. The van der Waals surface area contributed by atoms with E-state index in [4.69, 9.17) is 4.74 Å². The standard InChI is InChI=1S/C13H23NO3S/c1-17-7-2-8-18-11-5-6-13(9-11,12(15)16)14-10-3-4-10/h10-11,14H,2-9H2,1H3,(H,15,16). The summed E-state index contributed by atoms with van der Waals surface area (Å²) >= 11 is 1.91. The molecule has 2 unspecified atom stereocenters. The number of carboxylic acid groups (broad SMARTS) is 1. The molecule has 0 aromatic heterocycles. The van der Waals surface area contributed by atoms with Gasteiger partial charge in [0.2, 0.25) is 0 Å². The number of nitrogens with one attached hydrogen (secondary N) is 1. The van der Waals surface area contributed by atoms with Crippen molar-refractivity contribution < 1.29 is 14.6 Å². The summed E-state index contributed by atoms with van der Waals surface area (Å²) in [5, 5.41) is 13.3. The minimum Gasteiger partial charge on any atom is -0.480 e. The van der Waals surface area contributed by atoms with Crippen molar-refractivity contribution in [1.82, 2.24) is 5.32 Å². The number of aliphatic carboxylic acids is 1. The van der Waals surface area contributed by atoms with Gasteiger partial charge in [-0.1, -0.05) is 0 Å². The first-order valence-corrected chi connectivity index (χ1v) is 7.83. The van der Waals surface area contributed by atoms with E-state index in [9.17, 15) is 9.90 Å². The molecule has 2 rings (SSSR count). The lowest BCUT2D eigenvalue weighted by atomic mass is 9.98. The van der Waals surface area contributed by atoms with Gasteiger partial charge in [0.1, 0.15) is 5.54 Å². The van der Waals surface area contributed by atoms with E-state index in [0.717, 1.165) is 50.9 Å². The first-order valence-electron chi connectivity index (χ1n) is 6.78. The molecule has 0 aliphatic heterocycles. The zero-order valence-corrected chi connectivity index (χ0v) is 11.8. The Kier molecular flexibility index (Phi) is 4.92. The molecule has 5 heteroatoms. The molecule has 2 aliphatic carbocycles. The van der Waals surface area contributed by atoms with Crippen LogP contribution in [0.5, 0.6) is 0 Å². The van der Waals surface area contributed by atoms with Gasteiger partial charge < -0.3 is 9.84 Å². The molecular formula is C13H23NO3S. The Bertz CT molecular complexity index is 296. The minimum atomic E-state index is -0.658. The van der Waals surface area contributed by atoms with Crippen LogP contribution in [0, 0.1) is 0 Å². The van der Waals surface area contributed by atoms with Crippen LogP contribution in [-0.4, -0.2) is 47.4 Å². The molecule has 0 saturated heterocycles. The molecule has 0 bridgehead atoms. The van der Waals surface area contributed by atoms with Gasteiger partial charge in [-0.05, 0) is 44.3 Å². The van der Waals surface area contributed by atoms with Gasteiger partial charge in [0.25, 0.3) is 0 Å². The maximum absolute atomic E-state index is 11.5. The van der Waals surface area contributed by atoms with Crippen molar-refractivity contribution in [3.63, 3.8) is 0 Å². The topological polar surface area (TPSA) is 58.6 Å². The van der Waals surface area contributed by atoms with Crippen molar-refractivity contribution in [3.8, 4) is 0 Å². The quantitative estimate of drug-likeness (QED) is 0.661. The van der Waals surface area contributed by atoms with E-state index in [0.29, 0.717) is 11.3 Å². The van der Waals surface area contributed by atoms with Crippen LogP contribution in [0.1, 0.15) is 38.5 Å². The molecule has 0 spiro atoms.